The van der Waals surface area contributed by atoms with Gasteiger partial charge in [0.2, 0.25) is 5.24 Å². The highest BCUT2D eigenvalue weighted by molar-refractivity contribution is 6.64. The minimum Gasteiger partial charge on any atom is -0.281 e. The predicted molar refractivity (Wildman–Crippen MR) is 62.6 cm³/mol. The lowest BCUT2D eigenvalue weighted by molar-refractivity contribution is -0.126. The molecule has 0 amide bonds. The van der Waals surface area contributed by atoms with Gasteiger partial charge in [-0.15, -0.1) is 0 Å². The maximum Gasteiger partial charge on any atom is 0.228 e. The molecule has 0 saturated heterocycles. The minimum atomic E-state index is -0.376. The van der Waals surface area contributed by atoms with Gasteiger partial charge in [-0.1, -0.05) is 47.5 Å². The molecule has 0 aromatic heterocycles. The Kier molecular flexibility index (Phi) is 5.14. The summed E-state index contributed by atoms with van der Waals surface area (Å²) in [4.78, 5) is 11.5. The van der Waals surface area contributed by atoms with Crippen molar-refractivity contribution in [1.82, 2.24) is 0 Å². The molecule has 0 aliphatic carbocycles. The first-order valence-corrected chi connectivity index (χ1v) is 5.89. The van der Waals surface area contributed by atoms with E-state index in [4.69, 9.17) is 11.6 Å². The van der Waals surface area contributed by atoms with Crippen molar-refractivity contribution in [1.29, 1.82) is 0 Å². The predicted octanol–water partition coefficient (Wildman–Crippen LogP) is 4.38. The van der Waals surface area contributed by atoms with Crippen LogP contribution in [0.25, 0.3) is 0 Å². The van der Waals surface area contributed by atoms with Gasteiger partial charge in [0.05, 0.1) is 0 Å². The van der Waals surface area contributed by atoms with Crippen molar-refractivity contribution in [2.45, 2.75) is 60.3 Å². The lowest BCUT2D eigenvalue weighted by atomic mass is 9.63. The number of carbonyl (C=O) groups is 1. The van der Waals surface area contributed by atoms with E-state index in [1.807, 2.05) is 6.92 Å². The van der Waals surface area contributed by atoms with E-state index < -0.39 is 0 Å². The maximum absolute atomic E-state index is 11.5. The summed E-state index contributed by atoms with van der Waals surface area (Å²) in [6.45, 7) is 10.5. The summed E-state index contributed by atoms with van der Waals surface area (Å²) in [6, 6.07) is 0. The third kappa shape index (κ3) is 2.73. The molecule has 14 heavy (non-hydrogen) atoms. The molecule has 0 rings (SSSR count). The molecule has 0 radical (unpaired) electrons. The topological polar surface area (TPSA) is 17.1 Å². The molecule has 0 aliphatic heterocycles. The average molecular weight is 219 g/mol. The van der Waals surface area contributed by atoms with Gasteiger partial charge in [-0.3, -0.25) is 4.79 Å². The van der Waals surface area contributed by atoms with Crippen LogP contribution in [0.3, 0.4) is 0 Å². The number of hydrogen-bond donors (Lipinski definition) is 0. The Balaban J connectivity index is 4.80. The lowest BCUT2D eigenvalue weighted by Gasteiger charge is -2.41. The van der Waals surface area contributed by atoms with Gasteiger partial charge in [0.15, 0.2) is 0 Å². The number of halogens is 1. The molecule has 0 spiro atoms. The van der Waals surface area contributed by atoms with Crippen LogP contribution < -0.4 is 0 Å². The highest BCUT2D eigenvalue weighted by Gasteiger charge is 2.44. The molecule has 0 saturated carbocycles. The van der Waals surface area contributed by atoms with Gasteiger partial charge >= 0.3 is 0 Å². The smallest absolute Gasteiger partial charge is 0.228 e. The zero-order valence-corrected chi connectivity index (χ0v) is 10.9. The van der Waals surface area contributed by atoms with Crippen molar-refractivity contribution in [3.63, 3.8) is 0 Å². The molecular formula is C12H23ClO. The van der Waals surface area contributed by atoms with E-state index in [0.717, 1.165) is 25.7 Å². The van der Waals surface area contributed by atoms with Crippen LogP contribution in [0, 0.1) is 10.8 Å². The molecule has 0 aromatic carbocycles. The molecule has 1 unspecified atom stereocenters. The second-order valence-electron chi connectivity index (χ2n) is 4.95. The van der Waals surface area contributed by atoms with Crippen LogP contribution in [-0.4, -0.2) is 5.24 Å². The van der Waals surface area contributed by atoms with Crippen LogP contribution in [0.2, 0.25) is 0 Å². The first-order valence-electron chi connectivity index (χ1n) is 5.51. The van der Waals surface area contributed by atoms with Crippen molar-refractivity contribution in [3.05, 3.63) is 0 Å². The Morgan fingerprint density at radius 1 is 1.21 bits per heavy atom. The first-order chi connectivity index (χ1) is 6.31. The van der Waals surface area contributed by atoms with Crippen molar-refractivity contribution in [3.8, 4) is 0 Å². The zero-order chi connectivity index (χ0) is 11.4. The summed E-state index contributed by atoms with van der Waals surface area (Å²) in [5, 5.41) is -0.183. The summed E-state index contributed by atoms with van der Waals surface area (Å²) in [5.74, 6) is 0. The van der Waals surface area contributed by atoms with E-state index in [9.17, 15) is 4.79 Å². The molecule has 0 heterocycles. The van der Waals surface area contributed by atoms with E-state index in [-0.39, 0.29) is 16.1 Å². The lowest BCUT2D eigenvalue weighted by Crippen LogP contribution is -2.39. The molecule has 1 atom stereocenters. The van der Waals surface area contributed by atoms with Crippen molar-refractivity contribution in [2.75, 3.05) is 0 Å². The van der Waals surface area contributed by atoms with Gasteiger partial charge in [-0.05, 0) is 29.9 Å². The van der Waals surface area contributed by atoms with Crippen LogP contribution >= 0.6 is 11.6 Å². The fourth-order valence-corrected chi connectivity index (χ4v) is 1.97. The van der Waals surface area contributed by atoms with Crippen LogP contribution in [0.4, 0.5) is 0 Å². The summed E-state index contributed by atoms with van der Waals surface area (Å²) in [6.07, 6.45) is 4.05. The number of carbonyl (C=O) groups excluding carboxylic acids is 1. The van der Waals surface area contributed by atoms with E-state index in [1.54, 1.807) is 0 Å². The average Bonchev–Trinajstić information content (AvgIpc) is 2.13. The van der Waals surface area contributed by atoms with Crippen LogP contribution in [-0.2, 0) is 4.79 Å². The molecule has 0 N–H and O–H groups in total. The molecule has 0 fully saturated rings. The molecule has 84 valence electrons. The quantitative estimate of drug-likeness (QED) is 0.605. The molecular weight excluding hydrogens is 196 g/mol. The maximum atomic E-state index is 11.5. The van der Waals surface area contributed by atoms with Crippen molar-refractivity contribution in [2.24, 2.45) is 10.8 Å². The van der Waals surface area contributed by atoms with Gasteiger partial charge in [-0.2, -0.15) is 0 Å². The minimum absolute atomic E-state index is 0.0129. The van der Waals surface area contributed by atoms with Crippen LogP contribution in [0.1, 0.15) is 60.3 Å². The first kappa shape index (κ1) is 14.0. The number of unbranched alkanes of at least 4 members (excludes halogenated alkanes) is 1. The Bertz CT molecular complexity index is 198. The Hall–Kier alpha value is -0.0400. The second kappa shape index (κ2) is 5.16. The summed E-state index contributed by atoms with van der Waals surface area (Å²) in [7, 11) is 0. The van der Waals surface area contributed by atoms with E-state index in [1.165, 1.54) is 0 Å². The Morgan fingerprint density at radius 2 is 1.71 bits per heavy atom. The van der Waals surface area contributed by atoms with E-state index >= 15 is 0 Å². The fraction of sp³-hybridized carbons (Fsp3) is 0.917. The van der Waals surface area contributed by atoms with Crippen molar-refractivity contribution < 1.29 is 4.79 Å². The standard InChI is InChI=1S/C12H23ClO/c1-6-8-9-12(5,10(13)14)11(3,4)7-2/h6-9H2,1-5H3. The highest BCUT2D eigenvalue weighted by atomic mass is 35.5. The van der Waals surface area contributed by atoms with Gasteiger partial charge in [0, 0.05) is 5.41 Å². The molecule has 2 heteroatoms. The van der Waals surface area contributed by atoms with Gasteiger partial charge in [-0.25, -0.2) is 0 Å². The Labute approximate surface area is 93.2 Å². The molecule has 0 bridgehead atoms. The normalized spacial score (nSPS) is 16.4. The van der Waals surface area contributed by atoms with E-state index in [0.29, 0.717) is 0 Å². The van der Waals surface area contributed by atoms with Gasteiger partial charge < -0.3 is 0 Å². The summed E-state index contributed by atoms with van der Waals surface area (Å²) >= 11 is 5.75. The van der Waals surface area contributed by atoms with Gasteiger partial charge in [0.1, 0.15) is 0 Å². The summed E-state index contributed by atoms with van der Waals surface area (Å²) in [5.41, 5.74) is -0.389. The van der Waals surface area contributed by atoms with Gasteiger partial charge in [0.25, 0.3) is 0 Å². The van der Waals surface area contributed by atoms with Crippen molar-refractivity contribution >= 4 is 16.8 Å². The fourth-order valence-electron chi connectivity index (χ4n) is 1.62. The van der Waals surface area contributed by atoms with Crippen LogP contribution in [0.5, 0.6) is 0 Å². The largest absolute Gasteiger partial charge is 0.281 e. The summed E-state index contributed by atoms with van der Waals surface area (Å²) < 4.78 is 0. The number of rotatable bonds is 6. The third-order valence-corrected chi connectivity index (χ3v) is 4.26. The van der Waals surface area contributed by atoms with E-state index in [2.05, 4.69) is 27.7 Å². The second-order valence-corrected chi connectivity index (χ2v) is 5.29. The number of hydrogen-bond acceptors (Lipinski definition) is 1. The SMILES string of the molecule is CCCCC(C)(C(=O)Cl)C(C)(C)CC. The van der Waals surface area contributed by atoms with Crippen LogP contribution in [0.15, 0.2) is 0 Å². The monoisotopic (exact) mass is 218 g/mol. The highest BCUT2D eigenvalue weighted by Crippen LogP contribution is 2.46. The molecule has 0 aromatic rings. The zero-order valence-electron chi connectivity index (χ0n) is 10.1. The molecule has 1 nitrogen and oxygen atoms in total. The third-order valence-electron chi connectivity index (χ3n) is 3.84. The molecule has 0 aliphatic rings. The Morgan fingerprint density at radius 3 is 2.00 bits per heavy atom.